The highest BCUT2D eigenvalue weighted by molar-refractivity contribution is 5.94. The number of carbonyl (C=O) groups is 1. The van der Waals surface area contributed by atoms with E-state index in [0.29, 0.717) is 11.6 Å². The minimum atomic E-state index is -0.0296. The van der Waals surface area contributed by atoms with Crippen molar-refractivity contribution in [3.8, 4) is 0 Å². The van der Waals surface area contributed by atoms with Gasteiger partial charge in [0.1, 0.15) is 0 Å². The molecule has 2 rings (SSSR count). The summed E-state index contributed by atoms with van der Waals surface area (Å²) in [5.74, 6) is -0.0296. The second kappa shape index (κ2) is 8.35. The molecule has 1 aliphatic heterocycles. The average molecular weight is 306 g/mol. The van der Waals surface area contributed by atoms with Crippen LogP contribution in [0.4, 0.5) is 0 Å². The molecule has 0 bridgehead atoms. The number of carbonyl (C=O) groups excluding carboxylic acids is 1. The Kier molecular flexibility index (Phi) is 7.99. The van der Waals surface area contributed by atoms with E-state index in [9.17, 15) is 4.79 Å². The van der Waals surface area contributed by atoms with Crippen LogP contribution in [0, 0.1) is 6.92 Å². The van der Waals surface area contributed by atoms with Crippen LogP contribution in [0.1, 0.15) is 35.8 Å². The SMILES string of the molecule is Cc1ccc(C(=O)NC2CCCNC2C)cn1.Cl.Cl. The molecule has 108 valence electrons. The molecular formula is C13H21Cl2N3O. The third kappa shape index (κ3) is 4.97. The summed E-state index contributed by atoms with van der Waals surface area (Å²) in [4.78, 5) is 16.1. The maximum atomic E-state index is 12.0. The molecule has 6 heteroatoms. The van der Waals surface area contributed by atoms with Crippen LogP contribution in [0.25, 0.3) is 0 Å². The minimum Gasteiger partial charge on any atom is -0.348 e. The lowest BCUT2D eigenvalue weighted by Crippen LogP contribution is -2.51. The monoisotopic (exact) mass is 305 g/mol. The number of rotatable bonds is 2. The quantitative estimate of drug-likeness (QED) is 0.880. The number of aryl methyl sites for hydroxylation is 1. The number of hydrogen-bond donors (Lipinski definition) is 2. The van der Waals surface area contributed by atoms with Gasteiger partial charge in [-0.25, -0.2) is 0 Å². The number of nitrogens with one attached hydrogen (secondary N) is 2. The molecule has 0 spiro atoms. The average Bonchev–Trinajstić information content (AvgIpc) is 2.33. The molecule has 1 aromatic heterocycles. The van der Waals surface area contributed by atoms with Gasteiger partial charge in [0.05, 0.1) is 5.56 Å². The van der Waals surface area contributed by atoms with Crippen LogP contribution in [0.2, 0.25) is 0 Å². The molecule has 0 aromatic carbocycles. The van der Waals surface area contributed by atoms with Gasteiger partial charge in [0.2, 0.25) is 0 Å². The Bertz CT molecular complexity index is 397. The second-order valence-electron chi connectivity index (χ2n) is 4.65. The minimum absolute atomic E-state index is 0. The lowest BCUT2D eigenvalue weighted by Gasteiger charge is -2.30. The zero-order valence-corrected chi connectivity index (χ0v) is 12.8. The van der Waals surface area contributed by atoms with Gasteiger partial charge < -0.3 is 10.6 Å². The van der Waals surface area contributed by atoms with E-state index in [1.54, 1.807) is 6.20 Å². The molecule has 1 aliphatic rings. The Balaban J connectivity index is 0.00000162. The molecule has 2 atom stereocenters. The zero-order valence-electron chi connectivity index (χ0n) is 11.2. The number of pyridine rings is 1. The first kappa shape index (κ1) is 18.2. The second-order valence-corrected chi connectivity index (χ2v) is 4.65. The van der Waals surface area contributed by atoms with Gasteiger partial charge in [0.25, 0.3) is 5.91 Å². The Morgan fingerprint density at radius 1 is 1.42 bits per heavy atom. The van der Waals surface area contributed by atoms with Crippen LogP contribution in [-0.4, -0.2) is 29.5 Å². The maximum absolute atomic E-state index is 12.0. The van der Waals surface area contributed by atoms with Gasteiger partial charge in [-0.3, -0.25) is 9.78 Å². The third-order valence-electron chi connectivity index (χ3n) is 3.25. The number of aromatic nitrogens is 1. The van der Waals surface area contributed by atoms with Crippen molar-refractivity contribution in [2.24, 2.45) is 0 Å². The van der Waals surface area contributed by atoms with E-state index in [1.807, 2.05) is 19.1 Å². The van der Waals surface area contributed by atoms with Crippen molar-refractivity contribution >= 4 is 30.7 Å². The van der Waals surface area contributed by atoms with Gasteiger partial charge in [0.15, 0.2) is 0 Å². The summed E-state index contributed by atoms with van der Waals surface area (Å²) < 4.78 is 0. The highest BCUT2D eigenvalue weighted by atomic mass is 35.5. The third-order valence-corrected chi connectivity index (χ3v) is 3.25. The van der Waals surface area contributed by atoms with E-state index in [1.165, 1.54) is 0 Å². The van der Waals surface area contributed by atoms with Crippen LogP contribution in [-0.2, 0) is 0 Å². The first-order chi connectivity index (χ1) is 8.16. The van der Waals surface area contributed by atoms with Crippen LogP contribution in [0.5, 0.6) is 0 Å². The zero-order chi connectivity index (χ0) is 12.3. The molecule has 4 nitrogen and oxygen atoms in total. The van der Waals surface area contributed by atoms with Gasteiger partial charge in [-0.1, -0.05) is 0 Å². The van der Waals surface area contributed by atoms with E-state index < -0.39 is 0 Å². The molecule has 2 heterocycles. The molecule has 1 aromatic rings. The molecule has 1 saturated heterocycles. The topological polar surface area (TPSA) is 54.0 Å². The summed E-state index contributed by atoms with van der Waals surface area (Å²) in [5.41, 5.74) is 1.56. The Labute approximate surface area is 126 Å². The molecule has 1 amide bonds. The van der Waals surface area contributed by atoms with E-state index >= 15 is 0 Å². The summed E-state index contributed by atoms with van der Waals surface area (Å²) in [6, 6.07) is 4.24. The molecule has 19 heavy (non-hydrogen) atoms. The van der Waals surface area contributed by atoms with E-state index in [-0.39, 0.29) is 36.8 Å². The number of amides is 1. The van der Waals surface area contributed by atoms with Gasteiger partial charge in [-0.2, -0.15) is 0 Å². The number of hydrogen-bond acceptors (Lipinski definition) is 3. The van der Waals surface area contributed by atoms with E-state index in [2.05, 4.69) is 22.5 Å². The van der Waals surface area contributed by atoms with E-state index in [0.717, 1.165) is 25.1 Å². The normalized spacial score (nSPS) is 21.8. The lowest BCUT2D eigenvalue weighted by molar-refractivity contribution is 0.0919. The maximum Gasteiger partial charge on any atom is 0.253 e. The van der Waals surface area contributed by atoms with E-state index in [4.69, 9.17) is 0 Å². The highest BCUT2D eigenvalue weighted by Crippen LogP contribution is 2.09. The van der Waals surface area contributed by atoms with Crippen molar-refractivity contribution in [2.75, 3.05) is 6.54 Å². The van der Waals surface area contributed by atoms with Crippen molar-refractivity contribution in [3.63, 3.8) is 0 Å². The van der Waals surface area contributed by atoms with Gasteiger partial charge in [-0.15, -0.1) is 24.8 Å². The van der Waals surface area contributed by atoms with Crippen molar-refractivity contribution in [2.45, 2.75) is 38.8 Å². The molecular weight excluding hydrogens is 285 g/mol. The fraction of sp³-hybridized carbons (Fsp3) is 0.538. The largest absolute Gasteiger partial charge is 0.348 e. The van der Waals surface area contributed by atoms with Crippen LogP contribution >= 0.6 is 24.8 Å². The van der Waals surface area contributed by atoms with Crippen molar-refractivity contribution in [3.05, 3.63) is 29.6 Å². The summed E-state index contributed by atoms with van der Waals surface area (Å²) in [5, 5.41) is 6.43. The number of piperidine rings is 1. The van der Waals surface area contributed by atoms with Crippen molar-refractivity contribution in [1.82, 2.24) is 15.6 Å². The Morgan fingerprint density at radius 2 is 2.16 bits per heavy atom. The molecule has 2 unspecified atom stereocenters. The van der Waals surface area contributed by atoms with Crippen LogP contribution in [0.3, 0.4) is 0 Å². The van der Waals surface area contributed by atoms with Crippen molar-refractivity contribution in [1.29, 1.82) is 0 Å². The van der Waals surface area contributed by atoms with Crippen LogP contribution < -0.4 is 10.6 Å². The summed E-state index contributed by atoms with van der Waals surface area (Å²) >= 11 is 0. The molecule has 2 N–H and O–H groups in total. The van der Waals surface area contributed by atoms with Gasteiger partial charge in [-0.05, 0) is 45.4 Å². The first-order valence-corrected chi connectivity index (χ1v) is 6.14. The molecule has 0 aliphatic carbocycles. The summed E-state index contributed by atoms with van der Waals surface area (Å²) in [6.07, 6.45) is 3.78. The molecule has 0 saturated carbocycles. The standard InChI is InChI=1S/C13H19N3O.2ClH/c1-9-5-6-11(8-15-9)13(17)16-12-4-3-7-14-10(12)2;;/h5-6,8,10,12,14H,3-4,7H2,1-2H3,(H,16,17);2*1H. The van der Waals surface area contributed by atoms with Crippen LogP contribution in [0.15, 0.2) is 18.3 Å². The van der Waals surface area contributed by atoms with Crippen molar-refractivity contribution < 1.29 is 4.79 Å². The first-order valence-electron chi connectivity index (χ1n) is 6.14. The summed E-state index contributed by atoms with van der Waals surface area (Å²) in [7, 11) is 0. The molecule has 1 fully saturated rings. The highest BCUT2D eigenvalue weighted by Gasteiger charge is 2.22. The predicted molar refractivity (Wildman–Crippen MR) is 81.4 cm³/mol. The molecule has 0 radical (unpaired) electrons. The fourth-order valence-electron chi connectivity index (χ4n) is 2.09. The fourth-order valence-corrected chi connectivity index (χ4v) is 2.09. The summed E-state index contributed by atoms with van der Waals surface area (Å²) in [6.45, 7) is 5.06. The van der Waals surface area contributed by atoms with Gasteiger partial charge >= 0.3 is 0 Å². The number of halogens is 2. The smallest absolute Gasteiger partial charge is 0.253 e. The predicted octanol–water partition coefficient (Wildman–Crippen LogP) is 2.10. The number of nitrogens with zero attached hydrogens (tertiary/aromatic N) is 1. The Morgan fingerprint density at radius 3 is 2.74 bits per heavy atom. The Hall–Kier alpha value is -0.840. The van der Waals surface area contributed by atoms with Gasteiger partial charge in [0, 0.05) is 24.0 Å². The lowest BCUT2D eigenvalue weighted by atomic mass is 9.99.